The molecule has 1 N–H and O–H groups in total. The van der Waals surface area contributed by atoms with Gasteiger partial charge < -0.3 is 14.8 Å². The lowest BCUT2D eigenvalue weighted by atomic mass is 10.1. The molecule has 1 saturated heterocycles. The summed E-state index contributed by atoms with van der Waals surface area (Å²) in [6.45, 7) is 3.48. The van der Waals surface area contributed by atoms with Crippen LogP contribution in [0.25, 0.3) is 0 Å². The third-order valence-corrected chi connectivity index (χ3v) is 4.01. The molecule has 3 rings (SSSR count). The van der Waals surface area contributed by atoms with Gasteiger partial charge in [0.05, 0.1) is 6.20 Å². The molecule has 3 atom stereocenters. The van der Waals surface area contributed by atoms with E-state index in [2.05, 4.69) is 16.4 Å². The lowest BCUT2D eigenvalue weighted by Gasteiger charge is -2.27. The highest BCUT2D eigenvalue weighted by Gasteiger charge is 2.39. The van der Waals surface area contributed by atoms with E-state index in [1.807, 2.05) is 6.20 Å². The lowest BCUT2D eigenvalue weighted by Crippen LogP contribution is -2.46. The van der Waals surface area contributed by atoms with Gasteiger partial charge in [-0.15, -0.1) is 0 Å². The Kier molecular flexibility index (Phi) is 3.51. The van der Waals surface area contributed by atoms with Crippen molar-refractivity contribution in [2.75, 3.05) is 13.2 Å². The molecule has 4 nitrogen and oxygen atoms in total. The number of nitrogens with one attached hydrogen (secondary N) is 1. The maximum atomic E-state index is 11.1. The van der Waals surface area contributed by atoms with Crippen LogP contribution in [0.15, 0.2) is 18.5 Å². The predicted octanol–water partition coefficient (Wildman–Crippen LogP) is 1.90. The Hall–Kier alpha value is -1.42. The molecule has 4 heteroatoms. The molecule has 0 aromatic carbocycles. The van der Waals surface area contributed by atoms with E-state index in [0.717, 1.165) is 18.7 Å². The molecule has 0 unspecified atom stereocenters. The van der Waals surface area contributed by atoms with Crippen molar-refractivity contribution in [3.63, 3.8) is 0 Å². The van der Waals surface area contributed by atoms with E-state index in [0.29, 0.717) is 30.9 Å². The zero-order valence-corrected chi connectivity index (χ0v) is 11.3. The Morgan fingerprint density at radius 1 is 1.53 bits per heavy atom. The Bertz CT molecular complexity index is 471. The second-order valence-corrected chi connectivity index (χ2v) is 5.71. The fraction of sp³-hybridized carbons (Fsp3) is 0.600. The molecule has 0 spiro atoms. The first-order chi connectivity index (χ1) is 9.22. The summed E-state index contributed by atoms with van der Waals surface area (Å²) in [5.74, 6) is 2.15. The summed E-state index contributed by atoms with van der Waals surface area (Å²) in [5, 5.41) is 3.31. The quantitative estimate of drug-likeness (QED) is 0.849. The summed E-state index contributed by atoms with van der Waals surface area (Å²) in [6, 6.07) is 2.58. The average Bonchev–Trinajstić information content (AvgIpc) is 3.06. The molecule has 2 heterocycles. The molecule has 1 aliphatic carbocycles. The van der Waals surface area contributed by atoms with E-state index in [9.17, 15) is 4.79 Å². The topological polar surface area (TPSA) is 51.2 Å². The number of carbonyl (C=O) groups is 1. The number of carbonyl (C=O) groups excluding carboxylic acids is 1. The number of Topliss-reactive ketones (excluding diaryl/α,β-unsaturated/α-hetero) is 1. The molecule has 19 heavy (non-hydrogen) atoms. The fourth-order valence-corrected chi connectivity index (χ4v) is 2.66. The van der Waals surface area contributed by atoms with Crippen LogP contribution in [-0.4, -0.2) is 30.0 Å². The minimum atomic E-state index is 0.281. The number of ether oxygens (including phenoxy) is 1. The maximum absolute atomic E-state index is 11.1. The molecule has 0 radical (unpaired) electrons. The van der Waals surface area contributed by atoms with Gasteiger partial charge in [-0.25, -0.2) is 0 Å². The van der Waals surface area contributed by atoms with Crippen molar-refractivity contribution in [3.05, 3.63) is 24.0 Å². The normalized spacial score (nSPS) is 28.6. The highest BCUT2D eigenvalue weighted by molar-refractivity contribution is 5.76. The minimum Gasteiger partial charge on any atom is -0.490 e. The lowest BCUT2D eigenvalue weighted by molar-refractivity contribution is -0.117. The predicted molar refractivity (Wildman–Crippen MR) is 72.3 cm³/mol. The fourth-order valence-electron chi connectivity index (χ4n) is 2.66. The van der Waals surface area contributed by atoms with Crippen LogP contribution < -0.4 is 10.1 Å². The van der Waals surface area contributed by atoms with Gasteiger partial charge in [-0.3, -0.25) is 4.98 Å². The third-order valence-electron chi connectivity index (χ3n) is 4.01. The first-order valence-electron chi connectivity index (χ1n) is 7.03. The van der Waals surface area contributed by atoms with Gasteiger partial charge in [-0.05, 0) is 49.8 Å². The Morgan fingerprint density at radius 2 is 2.37 bits per heavy atom. The van der Waals surface area contributed by atoms with Gasteiger partial charge >= 0.3 is 0 Å². The molecule has 102 valence electrons. The molecular formula is C15H20N2O2. The van der Waals surface area contributed by atoms with Crippen molar-refractivity contribution >= 4 is 5.78 Å². The second kappa shape index (κ2) is 5.29. The monoisotopic (exact) mass is 260 g/mol. The number of hydrogen-bond donors (Lipinski definition) is 1. The number of aromatic nitrogens is 1. The summed E-state index contributed by atoms with van der Waals surface area (Å²) < 4.78 is 5.75. The van der Waals surface area contributed by atoms with Gasteiger partial charge in [0.15, 0.2) is 0 Å². The summed E-state index contributed by atoms with van der Waals surface area (Å²) in [7, 11) is 0. The summed E-state index contributed by atoms with van der Waals surface area (Å²) in [6.07, 6.45) is 6.66. The van der Waals surface area contributed by atoms with Crippen molar-refractivity contribution in [1.29, 1.82) is 0 Å². The van der Waals surface area contributed by atoms with E-state index >= 15 is 0 Å². The van der Waals surface area contributed by atoms with Crippen LogP contribution in [0.4, 0.5) is 0 Å². The number of ketones is 1. The maximum Gasteiger partial charge on any atom is 0.137 e. The number of rotatable bonds is 6. The molecule has 2 aliphatic rings. The van der Waals surface area contributed by atoms with Crippen LogP contribution in [0.3, 0.4) is 0 Å². The molecule has 0 bridgehead atoms. The van der Waals surface area contributed by atoms with Gasteiger partial charge in [0.1, 0.15) is 18.1 Å². The van der Waals surface area contributed by atoms with Crippen LogP contribution in [0, 0.1) is 5.92 Å². The Balaban J connectivity index is 1.56. The summed E-state index contributed by atoms with van der Waals surface area (Å²) in [5.41, 5.74) is 1.21. The van der Waals surface area contributed by atoms with Crippen LogP contribution in [0.1, 0.15) is 37.7 Å². The Morgan fingerprint density at radius 3 is 3.05 bits per heavy atom. The molecular weight excluding hydrogens is 240 g/mol. The Labute approximate surface area is 113 Å². The SMILES string of the molecule is CC(=O)C[C@H]1C[C@@H]1c1cncc(OC[C@@H]2CCN2)c1. The number of hydrogen-bond acceptors (Lipinski definition) is 4. The van der Waals surface area contributed by atoms with Gasteiger partial charge in [-0.1, -0.05) is 0 Å². The summed E-state index contributed by atoms with van der Waals surface area (Å²) >= 11 is 0. The molecule has 1 saturated carbocycles. The molecule has 1 aliphatic heterocycles. The standard InChI is InChI=1S/C15H20N2O2/c1-10(18)4-11-6-15(11)12-5-14(8-16-7-12)19-9-13-2-3-17-13/h5,7-8,11,13,15,17H,2-4,6,9H2,1H3/t11-,13-,15-/m0/s1. The van der Waals surface area contributed by atoms with Crippen LogP contribution >= 0.6 is 0 Å². The van der Waals surface area contributed by atoms with Crippen molar-refractivity contribution in [2.45, 2.75) is 38.1 Å². The zero-order valence-electron chi connectivity index (χ0n) is 11.3. The van der Waals surface area contributed by atoms with Crippen molar-refractivity contribution in [1.82, 2.24) is 10.3 Å². The van der Waals surface area contributed by atoms with Gasteiger partial charge in [0.2, 0.25) is 0 Å². The molecule has 0 amide bonds. The second-order valence-electron chi connectivity index (χ2n) is 5.71. The number of pyridine rings is 1. The highest BCUT2D eigenvalue weighted by atomic mass is 16.5. The first kappa shape index (κ1) is 12.6. The average molecular weight is 260 g/mol. The largest absolute Gasteiger partial charge is 0.490 e. The van der Waals surface area contributed by atoms with Gasteiger partial charge in [0.25, 0.3) is 0 Å². The van der Waals surface area contributed by atoms with Gasteiger partial charge in [-0.2, -0.15) is 0 Å². The van der Waals surface area contributed by atoms with Crippen molar-refractivity contribution < 1.29 is 9.53 Å². The van der Waals surface area contributed by atoms with E-state index in [-0.39, 0.29) is 5.78 Å². The van der Waals surface area contributed by atoms with Crippen molar-refractivity contribution in [3.8, 4) is 5.75 Å². The molecule has 1 aromatic rings. The van der Waals surface area contributed by atoms with E-state index in [1.165, 1.54) is 12.0 Å². The van der Waals surface area contributed by atoms with E-state index in [4.69, 9.17) is 4.74 Å². The van der Waals surface area contributed by atoms with Crippen LogP contribution in [0.5, 0.6) is 5.75 Å². The highest BCUT2D eigenvalue weighted by Crippen LogP contribution is 2.49. The van der Waals surface area contributed by atoms with E-state index < -0.39 is 0 Å². The smallest absolute Gasteiger partial charge is 0.137 e. The molecule has 1 aromatic heterocycles. The first-order valence-corrected chi connectivity index (χ1v) is 7.03. The van der Waals surface area contributed by atoms with Crippen LogP contribution in [-0.2, 0) is 4.79 Å². The molecule has 2 fully saturated rings. The third kappa shape index (κ3) is 3.13. The minimum absolute atomic E-state index is 0.281. The van der Waals surface area contributed by atoms with Crippen molar-refractivity contribution in [2.24, 2.45) is 5.92 Å². The van der Waals surface area contributed by atoms with Crippen LogP contribution in [0.2, 0.25) is 0 Å². The zero-order chi connectivity index (χ0) is 13.2. The van der Waals surface area contributed by atoms with Gasteiger partial charge in [0, 0.05) is 18.7 Å². The van der Waals surface area contributed by atoms with E-state index in [1.54, 1.807) is 13.1 Å². The number of nitrogens with zero attached hydrogens (tertiary/aromatic N) is 1. The summed E-state index contributed by atoms with van der Waals surface area (Å²) in [4.78, 5) is 15.4.